The summed E-state index contributed by atoms with van der Waals surface area (Å²) in [6.07, 6.45) is 32.0. The summed E-state index contributed by atoms with van der Waals surface area (Å²) in [5, 5.41) is 0. The fourth-order valence-electron chi connectivity index (χ4n) is 4.81. The highest BCUT2D eigenvalue weighted by Gasteiger charge is 2.11. The molecule has 2 heteroatoms. The molecule has 0 aliphatic heterocycles. The Kier molecular flexibility index (Phi) is 29.1. The van der Waals surface area contributed by atoms with Gasteiger partial charge in [-0.25, -0.2) is 0 Å². The third-order valence-corrected chi connectivity index (χ3v) is 7.03. The monoisotopic (exact) mass is 483 g/mol. The zero-order chi connectivity index (χ0) is 25.0. The molecule has 0 heterocycles. The van der Waals surface area contributed by atoms with E-state index in [-0.39, 0.29) is 6.10 Å². The maximum absolute atomic E-state index is 6.22. The van der Waals surface area contributed by atoms with Crippen molar-refractivity contribution in [3.05, 3.63) is 0 Å². The Bertz CT molecular complexity index is 355. The molecule has 1 unspecified atom stereocenters. The molecule has 0 spiro atoms. The maximum atomic E-state index is 6.22. The lowest BCUT2D eigenvalue weighted by Crippen LogP contribution is -2.23. The lowest BCUT2D eigenvalue weighted by molar-refractivity contribution is -0.0278. The molecular formula is C32H66O2. The van der Waals surface area contributed by atoms with Crippen LogP contribution in [-0.2, 0) is 9.47 Å². The van der Waals surface area contributed by atoms with Crippen molar-refractivity contribution < 1.29 is 9.47 Å². The van der Waals surface area contributed by atoms with Crippen LogP contribution >= 0.6 is 0 Å². The number of ether oxygens (including phenoxy) is 2. The molecule has 206 valence electrons. The average molecular weight is 483 g/mol. The normalized spacial score (nSPS) is 12.6. The van der Waals surface area contributed by atoms with E-state index in [9.17, 15) is 0 Å². The highest BCUT2D eigenvalue weighted by Crippen LogP contribution is 2.14. The molecule has 0 saturated carbocycles. The van der Waals surface area contributed by atoms with Crippen LogP contribution in [0, 0.1) is 5.92 Å². The Hall–Kier alpha value is -0.0800. The quantitative estimate of drug-likeness (QED) is 0.0986. The van der Waals surface area contributed by atoms with Crippen LogP contribution in [0.3, 0.4) is 0 Å². The van der Waals surface area contributed by atoms with Gasteiger partial charge in [-0.05, 0) is 25.2 Å². The molecule has 0 radical (unpaired) electrons. The zero-order valence-corrected chi connectivity index (χ0v) is 24.4. The van der Waals surface area contributed by atoms with E-state index in [1.165, 1.54) is 141 Å². The standard InChI is InChI=1S/C32H66O2/c1-5-7-9-11-13-15-17-19-21-23-25-27-33-30-32(29-31(3)4)34-28-26-24-22-20-18-16-14-12-10-8-6-2/h31-32H,5-30H2,1-4H3. The zero-order valence-electron chi connectivity index (χ0n) is 24.4. The predicted molar refractivity (Wildman–Crippen MR) is 153 cm³/mol. The van der Waals surface area contributed by atoms with Crippen molar-refractivity contribution >= 4 is 0 Å². The van der Waals surface area contributed by atoms with Crippen molar-refractivity contribution in [2.24, 2.45) is 5.92 Å². The minimum Gasteiger partial charge on any atom is -0.379 e. The predicted octanol–water partition coefficient (Wildman–Crippen LogP) is 11.1. The van der Waals surface area contributed by atoms with Gasteiger partial charge in [-0.15, -0.1) is 0 Å². The van der Waals surface area contributed by atoms with Crippen LogP contribution in [-0.4, -0.2) is 25.9 Å². The third-order valence-electron chi connectivity index (χ3n) is 7.03. The molecule has 0 amide bonds. The highest BCUT2D eigenvalue weighted by atomic mass is 16.5. The van der Waals surface area contributed by atoms with Gasteiger partial charge in [0.15, 0.2) is 0 Å². The van der Waals surface area contributed by atoms with Gasteiger partial charge in [0.2, 0.25) is 0 Å². The molecule has 0 saturated heterocycles. The first kappa shape index (κ1) is 33.9. The highest BCUT2D eigenvalue weighted by molar-refractivity contribution is 4.61. The van der Waals surface area contributed by atoms with E-state index in [1.807, 2.05) is 0 Å². The first-order valence-corrected chi connectivity index (χ1v) is 15.9. The summed E-state index contributed by atoms with van der Waals surface area (Å²) in [6.45, 7) is 11.8. The van der Waals surface area contributed by atoms with Crippen molar-refractivity contribution in [2.45, 2.75) is 181 Å². The summed E-state index contributed by atoms with van der Waals surface area (Å²) >= 11 is 0. The minimum absolute atomic E-state index is 0.288. The summed E-state index contributed by atoms with van der Waals surface area (Å²) in [4.78, 5) is 0. The van der Waals surface area contributed by atoms with Gasteiger partial charge in [0.25, 0.3) is 0 Å². The SMILES string of the molecule is CCCCCCCCCCCCCOCC(CC(C)C)OCCCCCCCCCCCCC. The molecular weight excluding hydrogens is 416 g/mol. The van der Waals surface area contributed by atoms with Crippen molar-refractivity contribution in [3.63, 3.8) is 0 Å². The summed E-state index contributed by atoms with van der Waals surface area (Å²) in [5.41, 5.74) is 0. The molecule has 34 heavy (non-hydrogen) atoms. The molecule has 0 aliphatic carbocycles. The van der Waals surface area contributed by atoms with Gasteiger partial charge in [-0.1, -0.05) is 156 Å². The lowest BCUT2D eigenvalue weighted by Gasteiger charge is -2.20. The van der Waals surface area contributed by atoms with Gasteiger partial charge in [-0.3, -0.25) is 0 Å². The van der Waals surface area contributed by atoms with Crippen molar-refractivity contribution in [3.8, 4) is 0 Å². The molecule has 2 nitrogen and oxygen atoms in total. The van der Waals surface area contributed by atoms with Crippen LogP contribution in [0.4, 0.5) is 0 Å². The van der Waals surface area contributed by atoms with Gasteiger partial charge < -0.3 is 9.47 Å². The van der Waals surface area contributed by atoms with E-state index in [0.717, 1.165) is 26.2 Å². The number of hydrogen-bond donors (Lipinski definition) is 0. The molecule has 0 aromatic carbocycles. The number of unbranched alkanes of at least 4 members (excludes halogenated alkanes) is 20. The first-order chi connectivity index (χ1) is 16.7. The molecule has 1 atom stereocenters. The topological polar surface area (TPSA) is 18.5 Å². The van der Waals surface area contributed by atoms with E-state index >= 15 is 0 Å². The van der Waals surface area contributed by atoms with Gasteiger partial charge >= 0.3 is 0 Å². The maximum Gasteiger partial charge on any atom is 0.0810 e. The number of rotatable bonds is 29. The molecule has 0 aliphatic rings. The van der Waals surface area contributed by atoms with E-state index in [4.69, 9.17) is 9.47 Å². The largest absolute Gasteiger partial charge is 0.379 e. The molecule has 0 aromatic heterocycles. The van der Waals surface area contributed by atoms with E-state index in [0.29, 0.717) is 5.92 Å². The first-order valence-electron chi connectivity index (χ1n) is 15.9. The average Bonchev–Trinajstić information content (AvgIpc) is 2.82. The Morgan fingerprint density at radius 3 is 1.18 bits per heavy atom. The van der Waals surface area contributed by atoms with Crippen molar-refractivity contribution in [1.29, 1.82) is 0 Å². The van der Waals surface area contributed by atoms with Crippen LogP contribution in [0.2, 0.25) is 0 Å². The molecule has 0 fully saturated rings. The van der Waals surface area contributed by atoms with Crippen molar-refractivity contribution in [2.75, 3.05) is 19.8 Å². The second kappa shape index (κ2) is 29.2. The van der Waals surface area contributed by atoms with E-state index < -0.39 is 0 Å². The van der Waals surface area contributed by atoms with Crippen LogP contribution in [0.1, 0.15) is 175 Å². The van der Waals surface area contributed by atoms with E-state index in [1.54, 1.807) is 0 Å². The second-order valence-electron chi connectivity index (χ2n) is 11.3. The lowest BCUT2D eigenvalue weighted by atomic mass is 10.1. The molecule has 0 rings (SSSR count). The Labute approximate surface area is 216 Å². The van der Waals surface area contributed by atoms with Crippen LogP contribution < -0.4 is 0 Å². The smallest absolute Gasteiger partial charge is 0.0810 e. The molecule has 0 N–H and O–H groups in total. The van der Waals surface area contributed by atoms with Crippen LogP contribution in [0.25, 0.3) is 0 Å². The fraction of sp³-hybridized carbons (Fsp3) is 1.00. The Balaban J connectivity index is 3.50. The molecule has 0 bridgehead atoms. The van der Waals surface area contributed by atoms with E-state index in [2.05, 4.69) is 27.7 Å². The second-order valence-corrected chi connectivity index (χ2v) is 11.3. The summed E-state index contributed by atoms with van der Waals surface area (Å²) in [5.74, 6) is 0.674. The van der Waals surface area contributed by atoms with Crippen molar-refractivity contribution in [1.82, 2.24) is 0 Å². The summed E-state index contributed by atoms with van der Waals surface area (Å²) < 4.78 is 12.2. The van der Waals surface area contributed by atoms with Gasteiger partial charge in [0.05, 0.1) is 12.7 Å². The van der Waals surface area contributed by atoms with Gasteiger partial charge in [-0.2, -0.15) is 0 Å². The Morgan fingerprint density at radius 1 is 0.441 bits per heavy atom. The van der Waals surface area contributed by atoms with Crippen LogP contribution in [0.5, 0.6) is 0 Å². The fourth-order valence-corrected chi connectivity index (χ4v) is 4.81. The number of hydrogen-bond acceptors (Lipinski definition) is 2. The Morgan fingerprint density at radius 2 is 0.794 bits per heavy atom. The minimum atomic E-state index is 0.288. The summed E-state index contributed by atoms with van der Waals surface area (Å²) in [6, 6.07) is 0. The van der Waals surface area contributed by atoms with Gasteiger partial charge in [0, 0.05) is 13.2 Å². The van der Waals surface area contributed by atoms with Crippen LogP contribution in [0.15, 0.2) is 0 Å². The van der Waals surface area contributed by atoms with Gasteiger partial charge in [0.1, 0.15) is 0 Å². The third kappa shape index (κ3) is 28.2. The molecule has 0 aromatic rings. The summed E-state index contributed by atoms with van der Waals surface area (Å²) in [7, 11) is 0.